The second-order valence-electron chi connectivity index (χ2n) is 6.73. The van der Waals surface area contributed by atoms with Crippen LogP contribution in [0.15, 0.2) is 70.6 Å². The molecule has 0 fully saturated rings. The van der Waals surface area contributed by atoms with Gasteiger partial charge in [-0.05, 0) is 35.2 Å². The highest BCUT2D eigenvalue weighted by Gasteiger charge is 2.12. The van der Waals surface area contributed by atoms with Gasteiger partial charge in [0.1, 0.15) is 5.75 Å². The number of anilines is 1. The zero-order valence-corrected chi connectivity index (χ0v) is 17.3. The second-order valence-corrected chi connectivity index (χ2v) is 7.67. The Kier molecular flexibility index (Phi) is 6.20. The van der Waals surface area contributed by atoms with Crippen LogP contribution in [-0.2, 0) is 17.6 Å². The number of hydrogen-bond donors (Lipinski definition) is 1. The summed E-state index contributed by atoms with van der Waals surface area (Å²) in [5, 5.41) is 8.87. The molecule has 0 saturated carbocycles. The lowest BCUT2D eigenvalue weighted by atomic mass is 10.0. The van der Waals surface area contributed by atoms with E-state index in [4.69, 9.17) is 9.26 Å². The minimum atomic E-state index is -0.110. The molecule has 0 unspecified atom stereocenters. The maximum Gasteiger partial charge on any atom is 0.227 e. The topological polar surface area (TPSA) is 77.2 Å². The second kappa shape index (κ2) is 9.37. The van der Waals surface area contributed by atoms with Gasteiger partial charge in [0, 0.05) is 30.5 Å². The van der Waals surface area contributed by atoms with Crippen molar-refractivity contribution in [3.8, 4) is 16.5 Å². The molecule has 0 bridgehead atoms. The minimum absolute atomic E-state index is 0.110. The minimum Gasteiger partial charge on any atom is -0.496 e. The summed E-state index contributed by atoms with van der Waals surface area (Å²) in [6.45, 7) is 0. The van der Waals surface area contributed by atoms with Gasteiger partial charge in [-0.2, -0.15) is 4.98 Å². The van der Waals surface area contributed by atoms with Crippen LogP contribution in [0.4, 0.5) is 5.69 Å². The number of ether oxygens (including phenoxy) is 1. The fourth-order valence-corrected chi connectivity index (χ4v) is 3.77. The molecule has 4 rings (SSSR count). The summed E-state index contributed by atoms with van der Waals surface area (Å²) in [6, 6.07) is 19.7. The van der Waals surface area contributed by atoms with Crippen LogP contribution in [-0.4, -0.2) is 23.2 Å². The molecule has 0 saturated heterocycles. The molecule has 0 radical (unpaired) electrons. The highest BCUT2D eigenvalue weighted by atomic mass is 32.1. The molecule has 0 aliphatic rings. The van der Waals surface area contributed by atoms with Gasteiger partial charge < -0.3 is 14.6 Å². The summed E-state index contributed by atoms with van der Waals surface area (Å²) in [5.74, 6) is 1.69. The van der Waals surface area contributed by atoms with Crippen molar-refractivity contribution in [3.05, 3.63) is 83.1 Å². The van der Waals surface area contributed by atoms with Crippen molar-refractivity contribution in [2.75, 3.05) is 12.4 Å². The normalized spacial score (nSPS) is 10.7. The van der Waals surface area contributed by atoms with Crippen molar-refractivity contribution >= 4 is 22.9 Å². The number of hydrogen-bond acceptors (Lipinski definition) is 6. The molecule has 0 atom stereocenters. The molecule has 2 aromatic heterocycles. The summed E-state index contributed by atoms with van der Waals surface area (Å²) in [7, 11) is 1.65. The van der Waals surface area contributed by atoms with E-state index < -0.39 is 0 Å². The van der Waals surface area contributed by atoms with Crippen molar-refractivity contribution in [2.24, 2.45) is 0 Å². The predicted octanol–water partition coefficient (Wildman–Crippen LogP) is 4.97. The zero-order valence-electron chi connectivity index (χ0n) is 16.5. The molecule has 0 aliphatic carbocycles. The third kappa shape index (κ3) is 4.93. The number of carbonyl (C=O) groups excluding carboxylic acids is 1. The summed E-state index contributed by atoms with van der Waals surface area (Å²) in [4.78, 5) is 17.7. The first-order valence-corrected chi connectivity index (χ1v) is 10.5. The van der Waals surface area contributed by atoms with E-state index >= 15 is 0 Å². The molecule has 6 nitrogen and oxygen atoms in total. The SMILES string of the molecule is COc1ccc(NC(=O)CCc2nc(-c3cccs3)no2)cc1Cc1ccccc1. The van der Waals surface area contributed by atoms with E-state index in [0.29, 0.717) is 18.1 Å². The largest absolute Gasteiger partial charge is 0.496 e. The van der Waals surface area contributed by atoms with Gasteiger partial charge in [-0.25, -0.2) is 0 Å². The lowest BCUT2D eigenvalue weighted by Gasteiger charge is -2.12. The number of carbonyl (C=O) groups is 1. The Labute approximate surface area is 178 Å². The van der Waals surface area contributed by atoms with E-state index in [2.05, 4.69) is 27.6 Å². The van der Waals surface area contributed by atoms with E-state index in [9.17, 15) is 4.79 Å². The van der Waals surface area contributed by atoms with E-state index in [1.165, 1.54) is 5.56 Å². The van der Waals surface area contributed by atoms with Crippen LogP contribution in [0.2, 0.25) is 0 Å². The van der Waals surface area contributed by atoms with Crippen LogP contribution in [0.3, 0.4) is 0 Å². The molecular weight excluding hydrogens is 398 g/mol. The Balaban J connectivity index is 1.37. The Morgan fingerprint density at radius 1 is 1.13 bits per heavy atom. The van der Waals surface area contributed by atoms with Crippen molar-refractivity contribution in [1.82, 2.24) is 10.1 Å². The number of nitrogens with zero attached hydrogens (tertiary/aromatic N) is 2. The van der Waals surface area contributed by atoms with E-state index in [1.54, 1.807) is 18.4 Å². The third-order valence-electron chi connectivity index (χ3n) is 4.58. The molecule has 30 heavy (non-hydrogen) atoms. The number of aromatic nitrogens is 2. The lowest BCUT2D eigenvalue weighted by molar-refractivity contribution is -0.116. The van der Waals surface area contributed by atoms with E-state index in [1.807, 2.05) is 53.9 Å². The third-order valence-corrected chi connectivity index (χ3v) is 5.44. The monoisotopic (exact) mass is 419 g/mol. The first-order valence-electron chi connectivity index (χ1n) is 9.58. The molecule has 7 heteroatoms. The van der Waals surface area contributed by atoms with Gasteiger partial charge in [0.05, 0.1) is 12.0 Å². The van der Waals surface area contributed by atoms with E-state index in [0.717, 1.165) is 28.3 Å². The number of benzene rings is 2. The highest BCUT2D eigenvalue weighted by Crippen LogP contribution is 2.26. The van der Waals surface area contributed by atoms with Crippen molar-refractivity contribution in [2.45, 2.75) is 19.3 Å². The van der Waals surface area contributed by atoms with Gasteiger partial charge in [0.2, 0.25) is 17.6 Å². The van der Waals surface area contributed by atoms with Crippen molar-refractivity contribution in [3.63, 3.8) is 0 Å². The standard InChI is InChI=1S/C23H21N3O3S/c1-28-19-10-9-18(15-17(19)14-16-6-3-2-4-7-16)24-21(27)11-12-22-25-23(26-29-22)20-8-5-13-30-20/h2-10,13,15H,11-12,14H2,1H3,(H,24,27). The highest BCUT2D eigenvalue weighted by molar-refractivity contribution is 7.13. The fraction of sp³-hybridized carbons (Fsp3) is 0.174. The van der Waals surface area contributed by atoms with Gasteiger partial charge in [-0.3, -0.25) is 4.79 Å². The average Bonchev–Trinajstić information content (AvgIpc) is 3.45. The lowest BCUT2D eigenvalue weighted by Crippen LogP contribution is -2.12. The molecule has 152 valence electrons. The molecule has 1 N–H and O–H groups in total. The summed E-state index contributed by atoms with van der Waals surface area (Å²) in [6.07, 6.45) is 1.37. The zero-order chi connectivity index (χ0) is 20.8. The first kappa shape index (κ1) is 19.8. The molecular formula is C23H21N3O3S. The number of amides is 1. The van der Waals surface area contributed by atoms with Gasteiger partial charge >= 0.3 is 0 Å². The molecule has 2 aromatic carbocycles. The van der Waals surface area contributed by atoms with Crippen LogP contribution in [0.1, 0.15) is 23.4 Å². The van der Waals surface area contributed by atoms with Gasteiger partial charge in [0.15, 0.2) is 0 Å². The van der Waals surface area contributed by atoms with Crippen molar-refractivity contribution in [1.29, 1.82) is 0 Å². The molecule has 2 heterocycles. The van der Waals surface area contributed by atoms with E-state index in [-0.39, 0.29) is 12.3 Å². The maximum absolute atomic E-state index is 12.4. The predicted molar refractivity (Wildman–Crippen MR) is 117 cm³/mol. The Bertz CT molecular complexity index is 1110. The fourth-order valence-electron chi connectivity index (χ4n) is 3.12. The summed E-state index contributed by atoms with van der Waals surface area (Å²) in [5.41, 5.74) is 2.92. The summed E-state index contributed by atoms with van der Waals surface area (Å²) < 4.78 is 10.7. The van der Waals surface area contributed by atoms with Crippen LogP contribution >= 0.6 is 11.3 Å². The maximum atomic E-state index is 12.4. The number of aryl methyl sites for hydroxylation is 1. The number of methoxy groups -OCH3 is 1. The molecule has 0 spiro atoms. The van der Waals surface area contributed by atoms with Crippen LogP contribution in [0.5, 0.6) is 5.75 Å². The van der Waals surface area contributed by atoms with Gasteiger partial charge in [0.25, 0.3) is 0 Å². The van der Waals surface area contributed by atoms with Crippen LogP contribution in [0.25, 0.3) is 10.7 Å². The Hall–Kier alpha value is -3.45. The van der Waals surface area contributed by atoms with Gasteiger partial charge in [-0.15, -0.1) is 11.3 Å². The quantitative estimate of drug-likeness (QED) is 0.436. The Morgan fingerprint density at radius 2 is 2.00 bits per heavy atom. The summed E-state index contributed by atoms with van der Waals surface area (Å²) >= 11 is 1.55. The average molecular weight is 420 g/mol. The molecule has 0 aliphatic heterocycles. The van der Waals surface area contributed by atoms with Crippen LogP contribution in [0, 0.1) is 0 Å². The van der Waals surface area contributed by atoms with Crippen molar-refractivity contribution < 1.29 is 14.1 Å². The number of thiophene rings is 1. The Morgan fingerprint density at radius 3 is 2.77 bits per heavy atom. The first-order chi connectivity index (χ1) is 14.7. The number of rotatable bonds is 8. The van der Waals surface area contributed by atoms with Crippen LogP contribution < -0.4 is 10.1 Å². The van der Waals surface area contributed by atoms with Gasteiger partial charge in [-0.1, -0.05) is 41.6 Å². The smallest absolute Gasteiger partial charge is 0.227 e. The number of nitrogens with one attached hydrogen (secondary N) is 1. The molecule has 4 aromatic rings. The molecule has 1 amide bonds.